The molecule has 2 saturated heterocycles. The van der Waals surface area contributed by atoms with Gasteiger partial charge < -0.3 is 10.2 Å². The first-order valence-electron chi connectivity index (χ1n) is 9.23. The van der Waals surface area contributed by atoms with E-state index in [1.165, 1.54) is 11.1 Å². The monoisotopic (exact) mass is 337 g/mol. The maximum Gasteiger partial charge on any atom is 0.241 e. The molecule has 4 rings (SSSR count). The van der Waals surface area contributed by atoms with Crippen LogP contribution in [0.4, 0.5) is 0 Å². The van der Waals surface area contributed by atoms with Crippen LogP contribution >= 0.6 is 0 Å². The summed E-state index contributed by atoms with van der Waals surface area (Å²) < 4.78 is 0. The third kappa shape index (κ3) is 2.85. The molecule has 5 nitrogen and oxygen atoms in total. The number of carbonyl (C=O) groups is 2. The lowest BCUT2D eigenvalue weighted by molar-refractivity contribution is -0.138. The molecule has 1 aromatic carbocycles. The van der Waals surface area contributed by atoms with Crippen LogP contribution in [-0.4, -0.2) is 41.8 Å². The van der Waals surface area contributed by atoms with E-state index in [0.717, 1.165) is 25.7 Å². The molecule has 5 heteroatoms. The van der Waals surface area contributed by atoms with Gasteiger partial charge in [0.2, 0.25) is 5.91 Å². The number of nitriles is 1. The summed E-state index contributed by atoms with van der Waals surface area (Å²) >= 11 is 0. The molecule has 130 valence electrons. The van der Waals surface area contributed by atoms with Crippen LogP contribution in [0, 0.1) is 23.2 Å². The Labute approximate surface area is 148 Å². The Hall–Kier alpha value is -2.19. The molecular weight excluding hydrogens is 314 g/mol. The normalized spacial score (nSPS) is 28.8. The average molecular weight is 337 g/mol. The van der Waals surface area contributed by atoms with Crippen molar-refractivity contribution in [3.05, 3.63) is 35.4 Å². The van der Waals surface area contributed by atoms with Crippen LogP contribution in [0.15, 0.2) is 24.3 Å². The van der Waals surface area contributed by atoms with Crippen LogP contribution in [0.3, 0.4) is 0 Å². The minimum Gasteiger partial charge on any atom is -0.325 e. The van der Waals surface area contributed by atoms with E-state index in [2.05, 4.69) is 23.5 Å². The number of fused-ring (bicyclic) bond motifs is 1. The molecule has 0 aromatic heterocycles. The lowest BCUT2D eigenvalue weighted by atomic mass is 9.85. The van der Waals surface area contributed by atoms with E-state index in [1.54, 1.807) is 4.90 Å². The van der Waals surface area contributed by atoms with E-state index in [4.69, 9.17) is 0 Å². The van der Waals surface area contributed by atoms with Gasteiger partial charge in [0.05, 0.1) is 12.1 Å². The van der Waals surface area contributed by atoms with Gasteiger partial charge in [-0.15, -0.1) is 0 Å². The summed E-state index contributed by atoms with van der Waals surface area (Å²) in [5, 5.41) is 12.5. The molecule has 1 aliphatic carbocycles. The molecule has 1 aromatic rings. The first kappa shape index (κ1) is 16.3. The number of carbonyl (C=O) groups excluding carboxylic acids is 2. The molecule has 0 spiro atoms. The van der Waals surface area contributed by atoms with Gasteiger partial charge in [0.1, 0.15) is 11.8 Å². The largest absolute Gasteiger partial charge is 0.325 e. The van der Waals surface area contributed by atoms with Crippen LogP contribution in [0.1, 0.15) is 30.4 Å². The van der Waals surface area contributed by atoms with Crippen molar-refractivity contribution in [2.45, 2.75) is 44.2 Å². The van der Waals surface area contributed by atoms with Crippen LogP contribution in [0.25, 0.3) is 0 Å². The number of rotatable bonds is 3. The highest BCUT2D eigenvalue weighted by Crippen LogP contribution is 2.32. The molecule has 2 aliphatic heterocycles. The van der Waals surface area contributed by atoms with Crippen molar-refractivity contribution < 1.29 is 9.59 Å². The smallest absolute Gasteiger partial charge is 0.241 e. The van der Waals surface area contributed by atoms with Crippen LogP contribution < -0.4 is 5.32 Å². The number of hydrogen-bond donors (Lipinski definition) is 1. The number of amides is 1. The summed E-state index contributed by atoms with van der Waals surface area (Å²) in [5.41, 5.74) is 2.53. The number of hydrogen-bond acceptors (Lipinski definition) is 4. The van der Waals surface area contributed by atoms with Crippen molar-refractivity contribution in [2.75, 3.05) is 13.1 Å². The Balaban J connectivity index is 1.48. The molecule has 0 bridgehead atoms. The van der Waals surface area contributed by atoms with Gasteiger partial charge in [-0.3, -0.25) is 9.59 Å². The highest BCUT2D eigenvalue weighted by atomic mass is 16.2. The van der Waals surface area contributed by atoms with E-state index in [0.29, 0.717) is 19.5 Å². The van der Waals surface area contributed by atoms with Crippen LogP contribution in [-0.2, 0) is 22.4 Å². The summed E-state index contributed by atoms with van der Waals surface area (Å²) in [5.74, 6) is -0.114. The Bertz CT molecular complexity index is 714. The molecule has 25 heavy (non-hydrogen) atoms. The predicted molar refractivity (Wildman–Crippen MR) is 92.6 cm³/mol. The predicted octanol–water partition coefficient (Wildman–Crippen LogP) is 1.46. The number of ketones is 1. The summed E-state index contributed by atoms with van der Waals surface area (Å²) in [4.78, 5) is 27.7. The number of nitrogens with zero attached hydrogens (tertiary/aromatic N) is 2. The lowest BCUT2D eigenvalue weighted by Gasteiger charge is -2.27. The standard InChI is InChI=1S/C20H23N3O2/c21-12-16-6-3-9-23(16)20(25)18-17(7-8-22-18)19(24)15-10-13-4-1-2-5-14(13)11-15/h1-2,4-5,15-18,22H,3,6-11H2/t16-,17?,18+/m0/s1. The van der Waals surface area contributed by atoms with Gasteiger partial charge in [-0.25, -0.2) is 0 Å². The topological polar surface area (TPSA) is 73.2 Å². The Morgan fingerprint density at radius 1 is 1.16 bits per heavy atom. The van der Waals surface area contributed by atoms with Gasteiger partial charge in [-0.1, -0.05) is 24.3 Å². The molecule has 1 amide bonds. The van der Waals surface area contributed by atoms with E-state index >= 15 is 0 Å². The zero-order chi connectivity index (χ0) is 17.4. The van der Waals surface area contributed by atoms with E-state index in [-0.39, 0.29) is 29.6 Å². The third-order valence-corrected chi connectivity index (χ3v) is 5.99. The zero-order valence-corrected chi connectivity index (χ0v) is 14.3. The van der Waals surface area contributed by atoms with Crippen LogP contribution in [0.2, 0.25) is 0 Å². The van der Waals surface area contributed by atoms with E-state index in [1.807, 2.05) is 12.1 Å². The highest BCUT2D eigenvalue weighted by molar-refractivity contribution is 5.93. The van der Waals surface area contributed by atoms with Crippen molar-refractivity contribution in [3.8, 4) is 6.07 Å². The maximum atomic E-state index is 13.1. The molecule has 2 heterocycles. The van der Waals surface area contributed by atoms with Gasteiger partial charge in [-0.2, -0.15) is 5.26 Å². The van der Waals surface area contributed by atoms with Crippen molar-refractivity contribution in [2.24, 2.45) is 11.8 Å². The molecule has 3 aliphatic rings. The number of nitrogens with one attached hydrogen (secondary N) is 1. The fourth-order valence-corrected chi connectivity index (χ4v) is 4.68. The lowest BCUT2D eigenvalue weighted by Crippen LogP contribution is -2.50. The Kier molecular flexibility index (Phi) is 4.30. The average Bonchev–Trinajstić information content (AvgIpc) is 3.38. The highest BCUT2D eigenvalue weighted by Gasteiger charge is 2.44. The Morgan fingerprint density at radius 2 is 1.88 bits per heavy atom. The minimum atomic E-state index is -0.454. The quantitative estimate of drug-likeness (QED) is 0.906. The summed E-state index contributed by atoms with van der Waals surface area (Å²) in [7, 11) is 0. The van der Waals surface area contributed by atoms with Crippen molar-refractivity contribution in [1.82, 2.24) is 10.2 Å². The summed E-state index contributed by atoms with van der Waals surface area (Å²) in [6.45, 7) is 1.32. The maximum absolute atomic E-state index is 13.1. The minimum absolute atomic E-state index is 0.0112. The van der Waals surface area contributed by atoms with Gasteiger partial charge >= 0.3 is 0 Å². The molecule has 3 atom stereocenters. The first-order valence-corrected chi connectivity index (χ1v) is 9.23. The summed E-state index contributed by atoms with van der Waals surface area (Å²) in [6.07, 6.45) is 3.90. The first-order chi connectivity index (χ1) is 12.2. The Morgan fingerprint density at radius 3 is 2.56 bits per heavy atom. The molecule has 0 saturated carbocycles. The van der Waals surface area contributed by atoms with E-state index in [9.17, 15) is 14.9 Å². The number of likely N-dealkylation sites (tertiary alicyclic amines) is 1. The second-order valence-electron chi connectivity index (χ2n) is 7.42. The molecule has 2 fully saturated rings. The SMILES string of the molecule is N#C[C@@H]1CCCN1C(=O)[C@@H]1NCCC1C(=O)C1Cc2ccccc2C1. The summed E-state index contributed by atoms with van der Waals surface area (Å²) in [6, 6.07) is 9.67. The van der Waals surface area contributed by atoms with Crippen molar-refractivity contribution in [1.29, 1.82) is 5.26 Å². The second kappa shape index (κ2) is 6.61. The molecule has 1 unspecified atom stereocenters. The zero-order valence-electron chi connectivity index (χ0n) is 14.3. The van der Waals surface area contributed by atoms with Crippen LogP contribution in [0.5, 0.6) is 0 Å². The van der Waals surface area contributed by atoms with Gasteiger partial charge in [0.25, 0.3) is 0 Å². The number of Topliss-reactive ketones (excluding diaryl/α,β-unsaturated/α-hetero) is 1. The third-order valence-electron chi connectivity index (χ3n) is 5.99. The molecule has 0 radical (unpaired) electrons. The molecule has 1 N–H and O–H groups in total. The van der Waals surface area contributed by atoms with Gasteiger partial charge in [0, 0.05) is 18.4 Å². The fraction of sp³-hybridized carbons (Fsp3) is 0.550. The second-order valence-corrected chi connectivity index (χ2v) is 7.42. The fourth-order valence-electron chi connectivity index (χ4n) is 4.68. The van der Waals surface area contributed by atoms with Crippen molar-refractivity contribution >= 4 is 11.7 Å². The van der Waals surface area contributed by atoms with E-state index < -0.39 is 6.04 Å². The van der Waals surface area contributed by atoms with Gasteiger partial charge in [-0.05, 0) is 49.8 Å². The van der Waals surface area contributed by atoms with Gasteiger partial charge in [0.15, 0.2) is 0 Å². The van der Waals surface area contributed by atoms with Crippen molar-refractivity contribution in [3.63, 3.8) is 0 Å². The number of benzene rings is 1. The molecular formula is C20H23N3O2.